The highest BCUT2D eigenvalue weighted by molar-refractivity contribution is 5.80. The Morgan fingerprint density at radius 1 is 1.38 bits per heavy atom. The number of hydrogen-bond acceptors (Lipinski definition) is 1. The molecular formula is C10H16F3N3. The van der Waals surface area contributed by atoms with Crippen molar-refractivity contribution in [1.29, 1.82) is 0 Å². The van der Waals surface area contributed by atoms with Crippen molar-refractivity contribution in [2.24, 2.45) is 4.99 Å². The highest BCUT2D eigenvalue weighted by Gasteiger charge is 2.26. The predicted molar refractivity (Wildman–Crippen MR) is 57.3 cm³/mol. The lowest BCUT2D eigenvalue weighted by Crippen LogP contribution is -2.43. The fourth-order valence-electron chi connectivity index (χ4n) is 1.45. The van der Waals surface area contributed by atoms with Crippen LogP contribution in [-0.4, -0.2) is 31.8 Å². The molecule has 1 rings (SSSR count). The van der Waals surface area contributed by atoms with Crippen LogP contribution in [-0.2, 0) is 0 Å². The summed E-state index contributed by atoms with van der Waals surface area (Å²) in [6, 6.07) is 0.247. The zero-order valence-electron chi connectivity index (χ0n) is 9.14. The Morgan fingerprint density at radius 3 is 2.50 bits per heavy atom. The van der Waals surface area contributed by atoms with Crippen LogP contribution < -0.4 is 10.6 Å². The molecule has 3 nitrogen and oxygen atoms in total. The van der Waals surface area contributed by atoms with Crippen molar-refractivity contribution >= 4 is 5.96 Å². The van der Waals surface area contributed by atoms with Crippen molar-refractivity contribution in [1.82, 2.24) is 10.6 Å². The van der Waals surface area contributed by atoms with Crippen LogP contribution in [0.2, 0.25) is 0 Å². The van der Waals surface area contributed by atoms with E-state index in [4.69, 9.17) is 0 Å². The third kappa shape index (κ3) is 5.04. The van der Waals surface area contributed by atoms with Crippen LogP contribution >= 0.6 is 0 Å². The molecular weight excluding hydrogens is 219 g/mol. The zero-order chi connectivity index (χ0) is 12.0. The lowest BCUT2D eigenvalue weighted by molar-refractivity contribution is -0.132. The van der Waals surface area contributed by atoms with Gasteiger partial charge in [0.05, 0.1) is 6.42 Å². The molecule has 0 aromatic rings. The Kier molecular flexibility index (Phi) is 4.64. The van der Waals surface area contributed by atoms with Gasteiger partial charge in [0.2, 0.25) is 0 Å². The van der Waals surface area contributed by atoms with Gasteiger partial charge in [0.1, 0.15) is 0 Å². The van der Waals surface area contributed by atoms with E-state index in [0.717, 1.165) is 12.8 Å². The summed E-state index contributed by atoms with van der Waals surface area (Å²) in [5.41, 5.74) is 0. The topological polar surface area (TPSA) is 36.4 Å². The summed E-state index contributed by atoms with van der Waals surface area (Å²) >= 11 is 0. The quantitative estimate of drug-likeness (QED) is 0.445. The standard InChI is InChI=1S/C10H16F3N3/c1-14-9(15-7-6-10(11,12)13)16-8-4-2-3-5-8/h2-3,8H,4-7H2,1H3,(H2,14,15,16). The van der Waals surface area contributed by atoms with E-state index in [1.807, 2.05) is 12.2 Å². The Bertz CT molecular complexity index is 263. The zero-order valence-corrected chi connectivity index (χ0v) is 9.14. The molecule has 0 aromatic heterocycles. The lowest BCUT2D eigenvalue weighted by atomic mass is 10.2. The molecule has 0 atom stereocenters. The molecule has 6 heteroatoms. The molecule has 1 aliphatic rings. The van der Waals surface area contributed by atoms with Gasteiger partial charge in [-0.05, 0) is 12.8 Å². The van der Waals surface area contributed by atoms with Crippen molar-refractivity contribution in [2.45, 2.75) is 31.5 Å². The molecule has 0 saturated heterocycles. The molecule has 0 spiro atoms. The van der Waals surface area contributed by atoms with Crippen molar-refractivity contribution in [2.75, 3.05) is 13.6 Å². The van der Waals surface area contributed by atoms with Crippen molar-refractivity contribution < 1.29 is 13.2 Å². The minimum Gasteiger partial charge on any atom is -0.356 e. The van der Waals surface area contributed by atoms with E-state index >= 15 is 0 Å². The van der Waals surface area contributed by atoms with Gasteiger partial charge in [0, 0.05) is 19.6 Å². The second-order valence-corrected chi connectivity index (χ2v) is 3.65. The minimum absolute atomic E-state index is 0.149. The van der Waals surface area contributed by atoms with Gasteiger partial charge < -0.3 is 10.6 Å². The van der Waals surface area contributed by atoms with Gasteiger partial charge in [-0.25, -0.2) is 0 Å². The summed E-state index contributed by atoms with van der Waals surface area (Å²) in [6.07, 6.45) is 0.888. The van der Waals surface area contributed by atoms with Gasteiger partial charge in [0.15, 0.2) is 5.96 Å². The predicted octanol–water partition coefficient (Wildman–Crippen LogP) is 1.82. The van der Waals surface area contributed by atoms with Gasteiger partial charge in [0.25, 0.3) is 0 Å². The Labute approximate surface area is 92.8 Å². The number of hydrogen-bond donors (Lipinski definition) is 2. The van der Waals surface area contributed by atoms with E-state index in [1.165, 1.54) is 0 Å². The normalized spacial score (nSPS) is 17.9. The fourth-order valence-corrected chi connectivity index (χ4v) is 1.45. The van der Waals surface area contributed by atoms with Gasteiger partial charge in [-0.2, -0.15) is 13.2 Å². The Balaban J connectivity index is 2.22. The molecule has 0 amide bonds. The molecule has 0 bridgehead atoms. The SMILES string of the molecule is CN=C(NCCC(F)(F)F)NC1CC=CC1. The molecule has 92 valence electrons. The number of nitrogens with one attached hydrogen (secondary N) is 2. The monoisotopic (exact) mass is 235 g/mol. The van der Waals surface area contributed by atoms with Crippen molar-refractivity contribution in [3.63, 3.8) is 0 Å². The second-order valence-electron chi connectivity index (χ2n) is 3.65. The molecule has 0 fully saturated rings. The first kappa shape index (κ1) is 12.9. The van der Waals surface area contributed by atoms with Gasteiger partial charge in [-0.1, -0.05) is 12.2 Å². The summed E-state index contributed by atoms with van der Waals surface area (Å²) in [5, 5.41) is 5.70. The number of halogens is 3. The van der Waals surface area contributed by atoms with E-state index in [0.29, 0.717) is 5.96 Å². The van der Waals surface area contributed by atoms with Crippen molar-refractivity contribution in [3.05, 3.63) is 12.2 Å². The van der Waals surface area contributed by atoms with Crippen LogP contribution in [0.5, 0.6) is 0 Å². The van der Waals surface area contributed by atoms with E-state index < -0.39 is 12.6 Å². The molecule has 0 radical (unpaired) electrons. The van der Waals surface area contributed by atoms with E-state index in [1.54, 1.807) is 7.05 Å². The summed E-state index contributed by atoms with van der Waals surface area (Å²) in [4.78, 5) is 3.87. The number of aliphatic imine (C=N–C) groups is 1. The summed E-state index contributed by atoms with van der Waals surface area (Å²) in [7, 11) is 1.55. The van der Waals surface area contributed by atoms with E-state index in [-0.39, 0.29) is 12.6 Å². The van der Waals surface area contributed by atoms with Crippen LogP contribution in [0, 0.1) is 0 Å². The first-order chi connectivity index (χ1) is 7.51. The molecule has 2 N–H and O–H groups in total. The molecule has 0 unspecified atom stereocenters. The van der Waals surface area contributed by atoms with Gasteiger partial charge in [-0.15, -0.1) is 0 Å². The molecule has 1 aliphatic carbocycles. The van der Waals surface area contributed by atoms with Crippen LogP contribution in [0.15, 0.2) is 17.1 Å². The van der Waals surface area contributed by atoms with Gasteiger partial charge in [-0.3, -0.25) is 4.99 Å². The lowest BCUT2D eigenvalue weighted by Gasteiger charge is -2.17. The second kappa shape index (κ2) is 5.77. The Hall–Kier alpha value is -1.20. The fraction of sp³-hybridized carbons (Fsp3) is 0.700. The average Bonchev–Trinajstić information content (AvgIpc) is 2.67. The maximum absolute atomic E-state index is 11.9. The largest absolute Gasteiger partial charge is 0.390 e. The van der Waals surface area contributed by atoms with Gasteiger partial charge >= 0.3 is 6.18 Å². The smallest absolute Gasteiger partial charge is 0.356 e. The van der Waals surface area contributed by atoms with Crippen molar-refractivity contribution in [3.8, 4) is 0 Å². The molecule has 0 saturated carbocycles. The number of alkyl halides is 3. The highest BCUT2D eigenvalue weighted by Crippen LogP contribution is 2.18. The molecule has 0 aliphatic heterocycles. The third-order valence-electron chi connectivity index (χ3n) is 2.27. The molecule has 0 aromatic carbocycles. The number of rotatable bonds is 3. The Morgan fingerprint density at radius 2 is 2.00 bits per heavy atom. The maximum atomic E-state index is 11.9. The average molecular weight is 235 g/mol. The highest BCUT2D eigenvalue weighted by atomic mass is 19.4. The first-order valence-electron chi connectivity index (χ1n) is 5.20. The van der Waals surface area contributed by atoms with Crippen LogP contribution in [0.1, 0.15) is 19.3 Å². The molecule has 0 heterocycles. The summed E-state index contributed by atoms with van der Waals surface area (Å²) < 4.78 is 35.7. The maximum Gasteiger partial charge on any atom is 0.390 e. The minimum atomic E-state index is -4.12. The number of nitrogens with zero attached hydrogens (tertiary/aromatic N) is 1. The van der Waals surface area contributed by atoms with Crippen LogP contribution in [0.4, 0.5) is 13.2 Å². The number of guanidine groups is 1. The summed E-state index contributed by atoms with van der Waals surface area (Å²) in [6.45, 7) is -0.149. The third-order valence-corrected chi connectivity index (χ3v) is 2.27. The van der Waals surface area contributed by atoms with E-state index in [9.17, 15) is 13.2 Å². The van der Waals surface area contributed by atoms with Crippen LogP contribution in [0.25, 0.3) is 0 Å². The first-order valence-corrected chi connectivity index (χ1v) is 5.20. The van der Waals surface area contributed by atoms with Crippen LogP contribution in [0.3, 0.4) is 0 Å². The van der Waals surface area contributed by atoms with E-state index in [2.05, 4.69) is 15.6 Å². The molecule has 16 heavy (non-hydrogen) atoms. The summed E-state index contributed by atoms with van der Waals surface area (Å²) in [5.74, 6) is 0.429.